The largest absolute Gasteiger partial charge is 0.425 e. The summed E-state index contributed by atoms with van der Waals surface area (Å²) in [6, 6.07) is 3.05. The Balaban J connectivity index is 2.02. The maximum atomic E-state index is 12.4. The lowest BCUT2D eigenvalue weighted by atomic mass is 10.2. The van der Waals surface area contributed by atoms with Gasteiger partial charge in [0.1, 0.15) is 4.88 Å². The van der Waals surface area contributed by atoms with Crippen LogP contribution in [0.15, 0.2) is 12.1 Å². The normalized spacial score (nSPS) is 22.2. The Morgan fingerprint density at radius 3 is 2.76 bits per heavy atom. The van der Waals surface area contributed by atoms with E-state index in [0.717, 1.165) is 41.7 Å². The molecule has 0 amide bonds. The molecular weight excluding hydrogens is 249 g/mol. The van der Waals surface area contributed by atoms with E-state index in [1.165, 1.54) is 0 Å². The van der Waals surface area contributed by atoms with E-state index in [2.05, 4.69) is 4.90 Å². The predicted molar refractivity (Wildman–Crippen MR) is 61.8 cm³/mol. The molecule has 1 unspecified atom stereocenters. The third-order valence-electron chi connectivity index (χ3n) is 3.07. The van der Waals surface area contributed by atoms with Gasteiger partial charge in [-0.3, -0.25) is 4.90 Å². The first-order chi connectivity index (χ1) is 8.00. The van der Waals surface area contributed by atoms with Crippen molar-refractivity contribution < 1.29 is 13.2 Å². The Labute approximate surface area is 102 Å². The van der Waals surface area contributed by atoms with Gasteiger partial charge in [-0.15, -0.1) is 11.3 Å². The molecule has 0 radical (unpaired) electrons. The molecule has 6 heteroatoms. The van der Waals surface area contributed by atoms with Crippen LogP contribution in [0.25, 0.3) is 0 Å². The summed E-state index contributed by atoms with van der Waals surface area (Å²) >= 11 is 0.832. The van der Waals surface area contributed by atoms with Gasteiger partial charge in [0, 0.05) is 24.0 Å². The number of hydrogen-bond donors (Lipinski definition) is 1. The van der Waals surface area contributed by atoms with Gasteiger partial charge in [0.25, 0.3) is 0 Å². The summed E-state index contributed by atoms with van der Waals surface area (Å²) in [6.07, 6.45) is -2.09. The average Bonchev–Trinajstić information content (AvgIpc) is 2.86. The average molecular weight is 264 g/mol. The molecule has 1 aliphatic rings. The van der Waals surface area contributed by atoms with Crippen molar-refractivity contribution in [2.45, 2.75) is 31.6 Å². The van der Waals surface area contributed by atoms with Crippen molar-refractivity contribution in [2.24, 2.45) is 5.73 Å². The molecule has 2 nitrogen and oxygen atoms in total. The maximum Gasteiger partial charge on any atom is 0.425 e. The van der Waals surface area contributed by atoms with Gasteiger partial charge >= 0.3 is 6.18 Å². The summed E-state index contributed by atoms with van der Waals surface area (Å²) in [5.74, 6) is 0. The fourth-order valence-electron chi connectivity index (χ4n) is 2.19. The third kappa shape index (κ3) is 3.00. The fourth-order valence-corrected chi connectivity index (χ4v) is 3.09. The predicted octanol–water partition coefficient (Wildman–Crippen LogP) is 2.69. The molecule has 1 aromatic heterocycles. The second kappa shape index (κ2) is 4.96. The highest BCUT2D eigenvalue weighted by Gasteiger charge is 2.33. The SMILES string of the molecule is NCC1CCCN1Cc1ccc(C(F)(F)F)s1. The van der Waals surface area contributed by atoms with E-state index >= 15 is 0 Å². The Hall–Kier alpha value is -0.590. The van der Waals surface area contributed by atoms with Gasteiger partial charge < -0.3 is 5.73 Å². The van der Waals surface area contributed by atoms with E-state index in [4.69, 9.17) is 5.73 Å². The van der Waals surface area contributed by atoms with Crippen molar-refractivity contribution in [1.29, 1.82) is 0 Å². The number of likely N-dealkylation sites (tertiary alicyclic amines) is 1. The lowest BCUT2D eigenvalue weighted by Crippen LogP contribution is -2.34. The molecule has 0 saturated carbocycles. The number of nitrogens with zero attached hydrogens (tertiary/aromatic N) is 1. The molecule has 17 heavy (non-hydrogen) atoms. The molecule has 1 saturated heterocycles. The van der Waals surface area contributed by atoms with Gasteiger partial charge in [0.2, 0.25) is 0 Å². The molecule has 2 rings (SSSR count). The third-order valence-corrected chi connectivity index (χ3v) is 4.19. The first kappa shape index (κ1) is 12.9. The number of nitrogens with two attached hydrogens (primary N) is 1. The number of halogens is 3. The number of hydrogen-bond acceptors (Lipinski definition) is 3. The minimum Gasteiger partial charge on any atom is -0.329 e. The van der Waals surface area contributed by atoms with Crippen LogP contribution < -0.4 is 5.73 Å². The van der Waals surface area contributed by atoms with E-state index < -0.39 is 11.1 Å². The standard InChI is InChI=1S/C11H15F3N2S/c12-11(13,14)10-4-3-9(17-10)7-16-5-1-2-8(16)6-15/h3-4,8H,1-2,5-7,15H2. The highest BCUT2D eigenvalue weighted by atomic mass is 32.1. The Morgan fingerprint density at radius 1 is 1.41 bits per heavy atom. The lowest BCUT2D eigenvalue weighted by molar-refractivity contribution is -0.134. The molecule has 0 aliphatic carbocycles. The van der Waals surface area contributed by atoms with Crippen LogP contribution in [0.5, 0.6) is 0 Å². The van der Waals surface area contributed by atoms with Crippen molar-refractivity contribution in [1.82, 2.24) is 4.90 Å². The van der Waals surface area contributed by atoms with Crippen LogP contribution in [0.2, 0.25) is 0 Å². The fraction of sp³-hybridized carbons (Fsp3) is 0.636. The second-order valence-corrected chi connectivity index (χ2v) is 5.43. The quantitative estimate of drug-likeness (QED) is 0.909. The first-order valence-corrected chi connectivity index (χ1v) is 6.42. The van der Waals surface area contributed by atoms with E-state index in [1.807, 2.05) is 0 Å². The minimum atomic E-state index is -4.22. The molecule has 1 aromatic rings. The molecule has 0 bridgehead atoms. The van der Waals surface area contributed by atoms with Crippen molar-refractivity contribution >= 4 is 11.3 Å². The second-order valence-electron chi connectivity index (χ2n) is 4.27. The molecule has 0 aromatic carbocycles. The highest BCUT2D eigenvalue weighted by molar-refractivity contribution is 7.12. The molecule has 2 N–H and O–H groups in total. The Kier molecular flexibility index (Phi) is 3.75. The van der Waals surface area contributed by atoms with Gasteiger partial charge in [-0.1, -0.05) is 0 Å². The van der Waals surface area contributed by atoms with Crippen molar-refractivity contribution in [3.63, 3.8) is 0 Å². The zero-order chi connectivity index (χ0) is 12.5. The van der Waals surface area contributed by atoms with Crippen LogP contribution in [0.4, 0.5) is 13.2 Å². The van der Waals surface area contributed by atoms with Crippen LogP contribution in [0.3, 0.4) is 0 Å². The van der Waals surface area contributed by atoms with Crippen molar-refractivity contribution in [3.8, 4) is 0 Å². The topological polar surface area (TPSA) is 29.3 Å². The monoisotopic (exact) mass is 264 g/mol. The van der Waals surface area contributed by atoms with Crippen LogP contribution >= 0.6 is 11.3 Å². The summed E-state index contributed by atoms with van der Waals surface area (Å²) in [6.45, 7) is 2.10. The summed E-state index contributed by atoms with van der Waals surface area (Å²) < 4.78 is 37.3. The lowest BCUT2D eigenvalue weighted by Gasteiger charge is -2.22. The van der Waals surface area contributed by atoms with Gasteiger partial charge in [-0.25, -0.2) is 0 Å². The molecule has 1 aliphatic heterocycles. The molecule has 1 fully saturated rings. The first-order valence-electron chi connectivity index (χ1n) is 5.60. The van der Waals surface area contributed by atoms with Crippen LogP contribution in [-0.2, 0) is 12.7 Å². The number of thiophene rings is 1. The van der Waals surface area contributed by atoms with E-state index in [0.29, 0.717) is 19.1 Å². The molecule has 1 atom stereocenters. The van der Waals surface area contributed by atoms with E-state index in [1.54, 1.807) is 6.07 Å². The van der Waals surface area contributed by atoms with Crippen LogP contribution in [0, 0.1) is 0 Å². The summed E-state index contributed by atoms with van der Waals surface area (Å²) in [7, 11) is 0. The Bertz CT molecular complexity index is 375. The van der Waals surface area contributed by atoms with Crippen molar-refractivity contribution in [2.75, 3.05) is 13.1 Å². The summed E-state index contributed by atoms with van der Waals surface area (Å²) in [5, 5.41) is 0. The van der Waals surface area contributed by atoms with Crippen LogP contribution in [-0.4, -0.2) is 24.0 Å². The zero-order valence-electron chi connectivity index (χ0n) is 9.33. The maximum absolute atomic E-state index is 12.4. The number of alkyl halides is 3. The van der Waals surface area contributed by atoms with Gasteiger partial charge in [0.15, 0.2) is 0 Å². The van der Waals surface area contributed by atoms with Gasteiger partial charge in [-0.2, -0.15) is 13.2 Å². The minimum absolute atomic E-state index is 0.325. The van der Waals surface area contributed by atoms with E-state index in [9.17, 15) is 13.2 Å². The summed E-state index contributed by atoms with van der Waals surface area (Å²) in [4.78, 5) is 2.42. The molecule has 96 valence electrons. The highest BCUT2D eigenvalue weighted by Crippen LogP contribution is 2.35. The molecule has 0 spiro atoms. The molecule has 2 heterocycles. The van der Waals surface area contributed by atoms with E-state index in [-0.39, 0.29) is 0 Å². The van der Waals surface area contributed by atoms with Gasteiger partial charge in [0.05, 0.1) is 0 Å². The van der Waals surface area contributed by atoms with Gasteiger partial charge in [-0.05, 0) is 31.5 Å². The zero-order valence-corrected chi connectivity index (χ0v) is 10.2. The smallest absolute Gasteiger partial charge is 0.329 e. The number of rotatable bonds is 3. The Morgan fingerprint density at radius 2 is 2.18 bits per heavy atom. The van der Waals surface area contributed by atoms with Crippen LogP contribution in [0.1, 0.15) is 22.6 Å². The van der Waals surface area contributed by atoms with Crippen molar-refractivity contribution in [3.05, 3.63) is 21.9 Å². The summed E-state index contributed by atoms with van der Waals surface area (Å²) in [5.41, 5.74) is 5.63. The molecular formula is C11H15F3N2S.